The average Bonchev–Trinajstić information content (AvgIpc) is 2.41. The predicted octanol–water partition coefficient (Wildman–Crippen LogP) is 1.71. The Bertz CT molecular complexity index is 650. The molecule has 0 saturated heterocycles. The third-order valence-electron chi connectivity index (χ3n) is 3.26. The van der Waals surface area contributed by atoms with E-state index in [-0.39, 0.29) is 24.1 Å². The number of hydrogen-bond donors (Lipinski definition) is 2. The highest BCUT2D eigenvalue weighted by Crippen LogP contribution is 2.12. The van der Waals surface area contributed by atoms with Gasteiger partial charge >= 0.3 is 5.97 Å². The van der Waals surface area contributed by atoms with Crippen LogP contribution in [-0.4, -0.2) is 38.2 Å². The zero-order valence-corrected chi connectivity index (χ0v) is 14.4. The van der Waals surface area contributed by atoms with Crippen LogP contribution in [0.15, 0.2) is 24.3 Å². The number of rotatable bonds is 8. The van der Waals surface area contributed by atoms with Crippen molar-refractivity contribution in [3.8, 4) is 0 Å². The molecule has 1 rings (SSSR count). The van der Waals surface area contributed by atoms with Crippen molar-refractivity contribution in [1.29, 1.82) is 0 Å². The maximum absolute atomic E-state index is 12.0. The number of carboxylic acid groups (broad SMARTS) is 1. The number of carbonyl (C=O) groups is 2. The van der Waals surface area contributed by atoms with Crippen LogP contribution in [0.5, 0.6) is 0 Å². The molecule has 0 aliphatic rings. The van der Waals surface area contributed by atoms with E-state index in [9.17, 15) is 18.0 Å². The molecule has 6 nitrogen and oxygen atoms in total. The monoisotopic (exact) mass is 341 g/mol. The van der Waals surface area contributed by atoms with E-state index >= 15 is 0 Å². The molecule has 1 aromatic rings. The van der Waals surface area contributed by atoms with E-state index in [2.05, 4.69) is 5.32 Å². The first-order valence-corrected chi connectivity index (χ1v) is 9.42. The van der Waals surface area contributed by atoms with Gasteiger partial charge in [0.1, 0.15) is 0 Å². The summed E-state index contributed by atoms with van der Waals surface area (Å²) in [5.74, 6) is -1.77. The summed E-state index contributed by atoms with van der Waals surface area (Å²) in [6.07, 6.45) is 1.64. The van der Waals surface area contributed by atoms with Crippen LogP contribution in [0.3, 0.4) is 0 Å². The molecule has 0 fully saturated rings. The molecule has 0 saturated carbocycles. The van der Waals surface area contributed by atoms with Gasteiger partial charge in [0.25, 0.3) is 5.91 Å². The minimum Gasteiger partial charge on any atom is -0.481 e. The van der Waals surface area contributed by atoms with E-state index in [1.165, 1.54) is 12.1 Å². The molecule has 1 aromatic carbocycles. The number of carboxylic acids is 1. The largest absolute Gasteiger partial charge is 0.481 e. The first kappa shape index (κ1) is 19.2. The number of carbonyl (C=O) groups excluding carboxylic acids is 1. The van der Waals surface area contributed by atoms with Crippen molar-refractivity contribution in [3.63, 3.8) is 0 Å². The highest BCUT2D eigenvalue weighted by atomic mass is 32.2. The van der Waals surface area contributed by atoms with Crippen molar-refractivity contribution < 1.29 is 23.1 Å². The second-order valence-electron chi connectivity index (χ2n) is 6.14. The lowest BCUT2D eigenvalue weighted by molar-refractivity contribution is -0.142. The SMILES string of the molecule is CC(C)CC(CNC(=O)c1ccc(CS(C)(=O)=O)cc1)C(=O)O. The Labute approximate surface area is 136 Å². The van der Waals surface area contributed by atoms with Crippen molar-refractivity contribution in [2.75, 3.05) is 12.8 Å². The highest BCUT2D eigenvalue weighted by Gasteiger charge is 2.20. The number of sulfone groups is 1. The van der Waals surface area contributed by atoms with Gasteiger partial charge in [-0.05, 0) is 30.0 Å². The molecule has 23 heavy (non-hydrogen) atoms. The third-order valence-corrected chi connectivity index (χ3v) is 4.12. The van der Waals surface area contributed by atoms with Crippen LogP contribution in [0.2, 0.25) is 0 Å². The van der Waals surface area contributed by atoms with Crippen LogP contribution in [-0.2, 0) is 20.4 Å². The summed E-state index contributed by atoms with van der Waals surface area (Å²) in [6, 6.07) is 6.24. The molecule has 0 heterocycles. The van der Waals surface area contributed by atoms with Gasteiger partial charge in [0.15, 0.2) is 9.84 Å². The zero-order valence-electron chi connectivity index (χ0n) is 13.6. The maximum Gasteiger partial charge on any atom is 0.308 e. The van der Waals surface area contributed by atoms with Gasteiger partial charge < -0.3 is 10.4 Å². The maximum atomic E-state index is 12.0. The summed E-state index contributed by atoms with van der Waals surface area (Å²) >= 11 is 0. The normalized spacial score (nSPS) is 12.9. The predicted molar refractivity (Wildman–Crippen MR) is 87.9 cm³/mol. The van der Waals surface area contributed by atoms with Crippen molar-refractivity contribution >= 4 is 21.7 Å². The Morgan fingerprint density at radius 2 is 1.74 bits per heavy atom. The van der Waals surface area contributed by atoms with E-state index in [1.54, 1.807) is 12.1 Å². The van der Waals surface area contributed by atoms with Gasteiger partial charge in [-0.1, -0.05) is 26.0 Å². The van der Waals surface area contributed by atoms with E-state index in [4.69, 9.17) is 5.11 Å². The fourth-order valence-electron chi connectivity index (χ4n) is 2.21. The number of nitrogens with one attached hydrogen (secondary N) is 1. The molecule has 0 spiro atoms. The van der Waals surface area contributed by atoms with Gasteiger partial charge in [0, 0.05) is 18.4 Å². The molecular formula is C16H23NO5S. The van der Waals surface area contributed by atoms with Gasteiger partial charge in [-0.15, -0.1) is 0 Å². The smallest absolute Gasteiger partial charge is 0.308 e. The quantitative estimate of drug-likeness (QED) is 0.749. The Balaban J connectivity index is 2.65. The molecule has 7 heteroatoms. The van der Waals surface area contributed by atoms with Crippen LogP contribution in [0, 0.1) is 11.8 Å². The molecule has 0 aromatic heterocycles. The molecule has 128 valence electrons. The lowest BCUT2D eigenvalue weighted by Gasteiger charge is -2.15. The van der Waals surface area contributed by atoms with Gasteiger partial charge in [-0.2, -0.15) is 0 Å². The molecular weight excluding hydrogens is 318 g/mol. The molecule has 0 radical (unpaired) electrons. The second-order valence-corrected chi connectivity index (χ2v) is 8.28. The molecule has 0 bridgehead atoms. The number of benzene rings is 1. The lowest BCUT2D eigenvalue weighted by Crippen LogP contribution is -2.33. The molecule has 1 amide bonds. The minimum absolute atomic E-state index is 0.0669. The first-order valence-electron chi connectivity index (χ1n) is 7.36. The number of amides is 1. The number of aliphatic carboxylic acids is 1. The van der Waals surface area contributed by atoms with E-state index < -0.39 is 21.7 Å². The van der Waals surface area contributed by atoms with Crippen molar-refractivity contribution in [3.05, 3.63) is 35.4 Å². The highest BCUT2D eigenvalue weighted by molar-refractivity contribution is 7.89. The van der Waals surface area contributed by atoms with E-state index in [0.29, 0.717) is 17.5 Å². The second kappa shape index (κ2) is 8.10. The first-order chi connectivity index (χ1) is 10.6. The molecule has 0 aliphatic heterocycles. The van der Waals surface area contributed by atoms with Crippen LogP contribution in [0.1, 0.15) is 36.2 Å². The van der Waals surface area contributed by atoms with Crippen molar-refractivity contribution in [1.82, 2.24) is 5.32 Å². The van der Waals surface area contributed by atoms with Crippen molar-refractivity contribution in [2.45, 2.75) is 26.0 Å². The fourth-order valence-corrected chi connectivity index (χ4v) is 3.01. The van der Waals surface area contributed by atoms with Crippen LogP contribution in [0.4, 0.5) is 0 Å². The Kier molecular flexibility index (Phi) is 6.75. The summed E-state index contributed by atoms with van der Waals surface area (Å²) in [4.78, 5) is 23.2. The summed E-state index contributed by atoms with van der Waals surface area (Å²) in [5.41, 5.74) is 0.975. The Morgan fingerprint density at radius 3 is 2.17 bits per heavy atom. The molecule has 1 atom stereocenters. The Hall–Kier alpha value is -1.89. The summed E-state index contributed by atoms with van der Waals surface area (Å²) in [7, 11) is -3.12. The minimum atomic E-state index is -3.12. The van der Waals surface area contributed by atoms with Gasteiger partial charge in [0.2, 0.25) is 0 Å². The third kappa shape index (κ3) is 7.27. The fraction of sp³-hybridized carbons (Fsp3) is 0.500. The zero-order chi connectivity index (χ0) is 17.6. The summed E-state index contributed by atoms with van der Waals surface area (Å²) in [5, 5.41) is 11.8. The van der Waals surface area contributed by atoms with E-state index in [0.717, 1.165) is 6.26 Å². The topological polar surface area (TPSA) is 101 Å². The summed E-state index contributed by atoms with van der Waals surface area (Å²) < 4.78 is 22.4. The van der Waals surface area contributed by atoms with Crippen LogP contribution in [0.25, 0.3) is 0 Å². The molecule has 1 unspecified atom stereocenters. The molecule has 2 N–H and O–H groups in total. The van der Waals surface area contributed by atoms with Crippen LogP contribution >= 0.6 is 0 Å². The lowest BCUT2D eigenvalue weighted by atomic mass is 9.97. The van der Waals surface area contributed by atoms with Gasteiger partial charge in [-0.25, -0.2) is 8.42 Å². The van der Waals surface area contributed by atoms with E-state index in [1.807, 2.05) is 13.8 Å². The standard InChI is InChI=1S/C16H23NO5S/c1-11(2)8-14(16(19)20)9-17-15(18)13-6-4-12(5-7-13)10-23(3,21)22/h4-7,11,14H,8-10H2,1-3H3,(H,17,18)(H,19,20). The number of hydrogen-bond acceptors (Lipinski definition) is 4. The van der Waals surface area contributed by atoms with Gasteiger partial charge in [-0.3, -0.25) is 9.59 Å². The molecule has 0 aliphatic carbocycles. The van der Waals surface area contributed by atoms with Crippen molar-refractivity contribution in [2.24, 2.45) is 11.8 Å². The van der Waals surface area contributed by atoms with Gasteiger partial charge in [0.05, 0.1) is 11.7 Å². The summed E-state index contributed by atoms with van der Waals surface area (Å²) in [6.45, 7) is 3.92. The average molecular weight is 341 g/mol. The Morgan fingerprint density at radius 1 is 1.17 bits per heavy atom. The van der Waals surface area contributed by atoms with Crippen LogP contribution < -0.4 is 5.32 Å².